The number of fused-ring (bicyclic) bond motifs is 1. The molecule has 0 unspecified atom stereocenters. The van der Waals surface area contributed by atoms with E-state index < -0.39 is 11.4 Å². The Balaban J connectivity index is 0.00000156. The number of thiophene rings is 1. The lowest BCUT2D eigenvalue weighted by molar-refractivity contribution is -0.149. The lowest BCUT2D eigenvalue weighted by atomic mass is 9.81. The van der Waals surface area contributed by atoms with Crippen LogP contribution in [-0.4, -0.2) is 39.2 Å². The fraction of sp³-hybridized carbons (Fsp3) is 0.533. The van der Waals surface area contributed by atoms with Gasteiger partial charge in [0.05, 0.1) is 12.0 Å². The minimum absolute atomic E-state index is 0. The van der Waals surface area contributed by atoms with Crippen molar-refractivity contribution in [2.75, 3.05) is 13.1 Å². The highest BCUT2D eigenvalue weighted by Gasteiger charge is 2.54. The Labute approximate surface area is 143 Å². The van der Waals surface area contributed by atoms with Crippen LogP contribution in [0.25, 0.3) is 11.4 Å². The van der Waals surface area contributed by atoms with E-state index in [9.17, 15) is 9.90 Å². The van der Waals surface area contributed by atoms with Crippen LogP contribution in [-0.2, 0) is 11.3 Å². The Morgan fingerprint density at radius 3 is 3.13 bits per heavy atom. The van der Waals surface area contributed by atoms with Crippen LogP contribution in [0.2, 0.25) is 0 Å². The molecule has 0 amide bonds. The molecule has 1 N–H and O–H groups in total. The Bertz CT molecular complexity index is 690. The number of carbonyl (C=O) groups is 1. The summed E-state index contributed by atoms with van der Waals surface area (Å²) in [5, 5.41) is 17.6. The number of hydrogen-bond acceptors (Lipinski definition) is 6. The van der Waals surface area contributed by atoms with E-state index in [1.54, 1.807) is 11.3 Å². The van der Waals surface area contributed by atoms with Gasteiger partial charge in [0.2, 0.25) is 11.7 Å². The van der Waals surface area contributed by atoms with Crippen LogP contribution < -0.4 is 0 Å². The second-order valence-corrected chi connectivity index (χ2v) is 7.02. The average Bonchev–Trinajstić information content (AvgIpc) is 3.22. The molecule has 0 bridgehead atoms. The maximum absolute atomic E-state index is 11.7. The molecule has 2 fully saturated rings. The fourth-order valence-electron chi connectivity index (χ4n) is 3.88. The smallest absolute Gasteiger partial charge is 0.311 e. The summed E-state index contributed by atoms with van der Waals surface area (Å²) in [5.41, 5.74) is 0.399. The van der Waals surface area contributed by atoms with Gasteiger partial charge in [-0.15, -0.1) is 12.4 Å². The largest absolute Gasteiger partial charge is 0.481 e. The Hall–Kier alpha value is -1.44. The van der Waals surface area contributed by atoms with E-state index in [-0.39, 0.29) is 18.3 Å². The zero-order valence-corrected chi connectivity index (χ0v) is 14.1. The first-order chi connectivity index (χ1) is 10.7. The summed E-state index contributed by atoms with van der Waals surface area (Å²) in [4.78, 5) is 18.2. The average molecular weight is 356 g/mol. The van der Waals surface area contributed by atoms with Crippen LogP contribution in [0.3, 0.4) is 0 Å². The Morgan fingerprint density at radius 1 is 1.57 bits per heavy atom. The third kappa shape index (κ3) is 2.77. The van der Waals surface area contributed by atoms with E-state index in [0.29, 0.717) is 24.8 Å². The fourth-order valence-corrected chi connectivity index (χ4v) is 4.52. The molecule has 2 atom stereocenters. The summed E-state index contributed by atoms with van der Waals surface area (Å²) in [6, 6.07) is 1.96. The number of hydrogen-bond donors (Lipinski definition) is 1. The van der Waals surface area contributed by atoms with Crippen LogP contribution in [0.15, 0.2) is 21.3 Å². The number of carboxylic acids is 1. The van der Waals surface area contributed by atoms with E-state index in [2.05, 4.69) is 15.0 Å². The predicted molar refractivity (Wildman–Crippen MR) is 87.5 cm³/mol. The zero-order chi connectivity index (χ0) is 15.2. The van der Waals surface area contributed by atoms with Crippen LogP contribution in [0.4, 0.5) is 0 Å². The molecule has 4 rings (SSSR count). The summed E-state index contributed by atoms with van der Waals surface area (Å²) < 4.78 is 5.32. The minimum atomic E-state index is -0.651. The summed E-state index contributed by atoms with van der Waals surface area (Å²) >= 11 is 1.59. The van der Waals surface area contributed by atoms with E-state index in [1.165, 1.54) is 0 Å². The highest BCUT2D eigenvalue weighted by atomic mass is 35.5. The molecule has 1 saturated carbocycles. The molecule has 23 heavy (non-hydrogen) atoms. The third-order valence-corrected chi connectivity index (χ3v) is 5.66. The molecule has 124 valence electrons. The van der Waals surface area contributed by atoms with Gasteiger partial charge >= 0.3 is 5.97 Å². The van der Waals surface area contributed by atoms with Gasteiger partial charge in [-0.1, -0.05) is 11.6 Å². The first-order valence-electron chi connectivity index (χ1n) is 7.48. The molecular formula is C15H18ClN3O3S. The number of aliphatic carboxylic acids is 1. The van der Waals surface area contributed by atoms with Crippen molar-refractivity contribution in [1.82, 2.24) is 15.0 Å². The first-order valence-corrected chi connectivity index (χ1v) is 8.42. The van der Waals surface area contributed by atoms with Crippen LogP contribution in [0, 0.1) is 11.3 Å². The van der Waals surface area contributed by atoms with E-state index in [1.807, 2.05) is 16.8 Å². The number of rotatable bonds is 4. The second kappa shape index (κ2) is 6.22. The summed E-state index contributed by atoms with van der Waals surface area (Å²) in [7, 11) is 0. The molecule has 0 aromatic carbocycles. The molecule has 2 aromatic rings. The van der Waals surface area contributed by atoms with E-state index in [4.69, 9.17) is 4.52 Å². The molecule has 0 spiro atoms. The lowest BCUT2D eigenvalue weighted by Gasteiger charge is -2.23. The molecule has 3 heterocycles. The van der Waals surface area contributed by atoms with Crippen molar-refractivity contribution in [3.63, 3.8) is 0 Å². The predicted octanol–water partition coefficient (Wildman–Crippen LogP) is 2.91. The van der Waals surface area contributed by atoms with Gasteiger partial charge in [-0.3, -0.25) is 9.69 Å². The van der Waals surface area contributed by atoms with Gasteiger partial charge in [0.15, 0.2) is 0 Å². The molecule has 1 aliphatic heterocycles. The van der Waals surface area contributed by atoms with Crippen LogP contribution in [0.5, 0.6) is 0 Å². The van der Waals surface area contributed by atoms with Crippen molar-refractivity contribution in [1.29, 1.82) is 0 Å². The van der Waals surface area contributed by atoms with Gasteiger partial charge in [0.25, 0.3) is 0 Å². The van der Waals surface area contributed by atoms with Gasteiger partial charge < -0.3 is 9.63 Å². The van der Waals surface area contributed by atoms with Crippen LogP contribution >= 0.6 is 23.7 Å². The normalized spacial score (nSPS) is 26.9. The standard InChI is InChI=1S/C15H17N3O3S.ClH/c19-14(20)15-4-1-2-11(15)6-18(9-15)7-12-16-13(17-21-12)10-3-5-22-8-10;/h3,5,8,11H,1-2,4,6-7,9H2,(H,19,20);1H/t11-,15+;/m0./s1. The lowest BCUT2D eigenvalue weighted by Crippen LogP contribution is -2.35. The number of nitrogens with zero attached hydrogens (tertiary/aromatic N) is 3. The van der Waals surface area contributed by atoms with E-state index >= 15 is 0 Å². The number of likely N-dealkylation sites (tertiary alicyclic amines) is 1. The van der Waals surface area contributed by atoms with Crippen molar-refractivity contribution in [2.24, 2.45) is 11.3 Å². The molecule has 2 aromatic heterocycles. The summed E-state index contributed by atoms with van der Waals surface area (Å²) in [6.45, 7) is 1.92. The van der Waals surface area contributed by atoms with Crippen molar-refractivity contribution in [3.05, 3.63) is 22.7 Å². The Morgan fingerprint density at radius 2 is 2.43 bits per heavy atom. The number of aromatic nitrogens is 2. The van der Waals surface area contributed by atoms with Crippen molar-refractivity contribution in [3.8, 4) is 11.4 Å². The maximum atomic E-state index is 11.7. The van der Waals surface area contributed by atoms with Gasteiger partial charge in [-0.2, -0.15) is 16.3 Å². The monoisotopic (exact) mass is 355 g/mol. The SMILES string of the molecule is Cl.O=C(O)[C@@]12CCC[C@H]1CN(Cc1nc(-c3ccsc3)no1)C2. The maximum Gasteiger partial charge on any atom is 0.311 e. The zero-order valence-electron chi connectivity index (χ0n) is 12.5. The third-order valence-electron chi connectivity index (χ3n) is 4.97. The second-order valence-electron chi connectivity index (χ2n) is 6.24. The molecule has 1 saturated heterocycles. The molecule has 2 aliphatic rings. The Kier molecular flexibility index (Phi) is 4.44. The van der Waals surface area contributed by atoms with Gasteiger partial charge in [-0.25, -0.2) is 0 Å². The van der Waals surface area contributed by atoms with Crippen molar-refractivity contribution >= 4 is 29.7 Å². The summed E-state index contributed by atoms with van der Waals surface area (Å²) in [6.07, 6.45) is 2.81. The van der Waals surface area contributed by atoms with Crippen LogP contribution in [0.1, 0.15) is 25.2 Å². The molecule has 0 radical (unpaired) electrons. The van der Waals surface area contributed by atoms with Gasteiger partial charge in [0, 0.05) is 24.0 Å². The van der Waals surface area contributed by atoms with Crippen molar-refractivity contribution < 1.29 is 14.4 Å². The number of halogens is 1. The highest BCUT2D eigenvalue weighted by Crippen LogP contribution is 2.49. The summed E-state index contributed by atoms with van der Waals surface area (Å²) in [5.74, 6) is 0.761. The topological polar surface area (TPSA) is 79.5 Å². The van der Waals surface area contributed by atoms with E-state index in [0.717, 1.165) is 31.4 Å². The molecule has 8 heteroatoms. The quantitative estimate of drug-likeness (QED) is 0.908. The van der Waals surface area contributed by atoms with Gasteiger partial charge in [0.1, 0.15) is 0 Å². The van der Waals surface area contributed by atoms with Crippen molar-refractivity contribution in [2.45, 2.75) is 25.8 Å². The first kappa shape index (κ1) is 16.4. The number of carboxylic acid groups (broad SMARTS) is 1. The minimum Gasteiger partial charge on any atom is -0.481 e. The van der Waals surface area contributed by atoms with Gasteiger partial charge in [-0.05, 0) is 30.2 Å². The molecule has 1 aliphatic carbocycles. The molecule has 6 nitrogen and oxygen atoms in total. The highest BCUT2D eigenvalue weighted by molar-refractivity contribution is 7.08. The molecular weight excluding hydrogens is 338 g/mol.